The van der Waals surface area contributed by atoms with E-state index in [4.69, 9.17) is 38.9 Å². The van der Waals surface area contributed by atoms with Crippen LogP contribution >= 0.6 is 0 Å². The predicted molar refractivity (Wildman–Crippen MR) is 457 cm³/mol. The lowest BCUT2D eigenvalue weighted by molar-refractivity contribution is 0.0921. The smallest absolute Gasteiger partial charge is 0.252 e. The number of halogens is 4. The highest BCUT2D eigenvalue weighted by Crippen LogP contribution is 2.51. The summed E-state index contributed by atoms with van der Waals surface area (Å²) in [6.45, 7) is 7.94. The molecule has 12 aromatic rings. The Balaban J connectivity index is 0.000000117. The van der Waals surface area contributed by atoms with Gasteiger partial charge in [0.05, 0.1) is 69.7 Å². The molecule has 8 aliphatic carbocycles. The van der Waals surface area contributed by atoms with Gasteiger partial charge in [-0.25, -0.2) is 17.6 Å². The third-order valence-electron chi connectivity index (χ3n) is 24.6. The summed E-state index contributed by atoms with van der Waals surface area (Å²) in [6.07, 6.45) is 28.5. The minimum absolute atomic E-state index is 0.0428. The van der Waals surface area contributed by atoms with Crippen LogP contribution in [-0.4, -0.2) is 63.5 Å². The maximum absolute atomic E-state index is 13.2. The highest BCUT2D eigenvalue weighted by Gasteiger charge is 2.51. The zero-order valence-electron chi connectivity index (χ0n) is 69.6. The molecule has 4 saturated carbocycles. The Kier molecular flexibility index (Phi) is 24.0. The summed E-state index contributed by atoms with van der Waals surface area (Å²) in [4.78, 5) is 87.4. The number of ether oxygens (including phenoxy) is 4. The van der Waals surface area contributed by atoms with Crippen molar-refractivity contribution in [2.24, 2.45) is 0 Å². The zero-order chi connectivity index (χ0) is 85.7. The number of hydrogen-bond acceptors (Lipinski definition) is 16. The van der Waals surface area contributed by atoms with Crippen LogP contribution in [0.5, 0.6) is 23.0 Å². The quantitative estimate of drug-likeness (QED) is 0.0517. The third-order valence-corrected chi connectivity index (χ3v) is 24.6. The van der Waals surface area contributed by atoms with Gasteiger partial charge in [-0.1, -0.05) is 24.3 Å². The van der Waals surface area contributed by atoms with E-state index in [1.54, 1.807) is 37.2 Å². The lowest BCUT2D eigenvalue weighted by Crippen LogP contribution is -2.36. The molecule has 4 aromatic carbocycles. The second-order valence-electron chi connectivity index (χ2n) is 33.6. The number of carbonyl (C=O) groups excluding carboxylic acids is 4. The molecule has 20 rings (SSSR count). The maximum Gasteiger partial charge on any atom is 0.252 e. The van der Waals surface area contributed by atoms with Gasteiger partial charge < -0.3 is 40.2 Å². The van der Waals surface area contributed by atoms with E-state index in [1.807, 2.05) is 88.4 Å². The summed E-state index contributed by atoms with van der Waals surface area (Å²) in [5, 5.41) is 12.5. The first-order chi connectivity index (χ1) is 60.1. The molecule has 4 amide bonds. The lowest BCUT2D eigenvalue weighted by atomic mass is 9.92. The number of benzene rings is 4. The molecular formula is C100H96F4N12O8. The molecule has 0 spiro atoms. The fraction of sp³-hybridized carbons (Fsp3) is 0.320. The largest absolute Gasteiger partial charge is 0.484 e. The first-order valence-electron chi connectivity index (χ1n) is 42.8. The normalized spacial score (nSPS) is 18.7. The molecule has 4 fully saturated rings. The molecule has 8 heterocycles. The number of pyridine rings is 8. The molecule has 20 nitrogen and oxygen atoms in total. The molecule has 8 aliphatic rings. The van der Waals surface area contributed by atoms with Crippen molar-refractivity contribution in [3.63, 3.8) is 0 Å². The van der Waals surface area contributed by atoms with E-state index >= 15 is 0 Å². The Morgan fingerprint density at radius 3 is 0.806 bits per heavy atom. The van der Waals surface area contributed by atoms with Crippen molar-refractivity contribution in [3.05, 3.63) is 355 Å². The SMILES string of the molecule is Cc1ccc(O[C@@H]2CCCc3nc(C4(NC(=O)c5ccc(F)cc5)CC4)ccc32)cn1.Cc1ccc(O[C@H]2CCCc3nc(C4(NC(=O)c5ccc(F)cc5)CC4)ccc32)cn1.Cc1ccncc1O[C@@H]1CCCc2nc(C3(NC(=O)c4ccc(F)cc4)CC3)ccc21.Cc1ccncc1O[C@H]1CCCc2nc(C3(NC(=O)c4ccc(F)cc4)CC3)ccc21. The highest BCUT2D eigenvalue weighted by molar-refractivity contribution is 5.97. The summed E-state index contributed by atoms with van der Waals surface area (Å²) in [7, 11) is 0. The van der Waals surface area contributed by atoms with Gasteiger partial charge in [-0.3, -0.25) is 59.0 Å². The average molecular weight is 1670 g/mol. The molecule has 0 bridgehead atoms. The number of carbonyl (C=O) groups is 4. The Hall–Kier alpha value is -13.1. The molecule has 0 aliphatic heterocycles. The molecule has 0 radical (unpaired) electrons. The second-order valence-corrected chi connectivity index (χ2v) is 33.6. The number of nitrogens with zero attached hydrogens (tertiary/aromatic N) is 8. The van der Waals surface area contributed by atoms with Crippen LogP contribution in [0.4, 0.5) is 17.6 Å². The predicted octanol–water partition coefficient (Wildman–Crippen LogP) is 19.2. The Labute approximate surface area is 717 Å². The van der Waals surface area contributed by atoms with Gasteiger partial charge in [0.15, 0.2) is 0 Å². The Morgan fingerprint density at radius 2 is 0.573 bits per heavy atom. The minimum Gasteiger partial charge on any atom is -0.484 e. The van der Waals surface area contributed by atoms with Gasteiger partial charge in [-0.05, 0) is 325 Å². The number of amides is 4. The number of nitrogens with one attached hydrogen (secondary N) is 4. The van der Waals surface area contributed by atoms with Gasteiger partial charge in [0.1, 0.15) is 70.7 Å². The summed E-state index contributed by atoms with van der Waals surface area (Å²) < 4.78 is 77.6. The molecule has 124 heavy (non-hydrogen) atoms. The summed E-state index contributed by atoms with van der Waals surface area (Å²) >= 11 is 0. The number of aromatic nitrogens is 8. The van der Waals surface area contributed by atoms with Crippen LogP contribution in [0.1, 0.15) is 259 Å². The van der Waals surface area contributed by atoms with Crippen LogP contribution in [0.25, 0.3) is 0 Å². The van der Waals surface area contributed by atoms with Crippen molar-refractivity contribution in [1.82, 2.24) is 61.1 Å². The number of aryl methyl sites for hydroxylation is 8. The molecule has 8 aromatic heterocycles. The molecule has 4 N–H and O–H groups in total. The Morgan fingerprint density at radius 1 is 0.315 bits per heavy atom. The van der Waals surface area contributed by atoms with E-state index in [0.29, 0.717) is 22.3 Å². The van der Waals surface area contributed by atoms with E-state index < -0.39 is 22.2 Å². The van der Waals surface area contributed by atoms with Gasteiger partial charge >= 0.3 is 0 Å². The van der Waals surface area contributed by atoms with Crippen molar-refractivity contribution in [1.29, 1.82) is 0 Å². The van der Waals surface area contributed by atoms with E-state index in [2.05, 4.69) is 65.5 Å². The van der Waals surface area contributed by atoms with E-state index in [1.165, 1.54) is 97.1 Å². The van der Waals surface area contributed by atoms with Crippen molar-refractivity contribution in [2.75, 3.05) is 0 Å². The van der Waals surface area contributed by atoms with Crippen LogP contribution in [0, 0.1) is 51.0 Å². The Bertz CT molecular complexity index is 5550. The minimum atomic E-state index is -0.436. The molecular weight excluding hydrogens is 1570 g/mol. The average Bonchev–Trinajstić information content (AvgIpc) is 1.60. The van der Waals surface area contributed by atoms with Crippen molar-refractivity contribution in [2.45, 2.75) is 203 Å². The van der Waals surface area contributed by atoms with Gasteiger partial charge in [0.2, 0.25) is 0 Å². The highest BCUT2D eigenvalue weighted by atomic mass is 19.1. The second kappa shape index (κ2) is 35.8. The monoisotopic (exact) mass is 1670 g/mol. The van der Waals surface area contributed by atoms with Crippen LogP contribution in [0.15, 0.2) is 219 Å². The molecule has 632 valence electrons. The number of fused-ring (bicyclic) bond motifs is 4. The van der Waals surface area contributed by atoms with Gasteiger partial charge in [-0.15, -0.1) is 0 Å². The standard InChI is InChI=1S/4C25H24FN3O2/c2*1-16-5-10-19(15-27-16)31-22-4-2-3-21-20(22)11-12-23(28-21)25(13-14-25)29-24(30)17-6-8-18(26)9-7-17;2*1-16-11-14-27-15-22(16)31-21-4-2-3-20-19(21)9-10-23(28-20)25(12-13-25)29-24(30)17-5-7-18(26)8-6-17/h2*5-12,15,22H,2-4,13-14H2,1H3,(H,29,30);2*5-11,14-15,21H,2-4,12-13H2,1H3,(H,29,30)/t2*22-;2*21-/m1010/s1. The molecule has 0 unspecified atom stereocenters. The molecule has 0 saturated heterocycles. The van der Waals surface area contributed by atoms with E-state index in [9.17, 15) is 36.7 Å². The molecule has 24 heteroatoms. The van der Waals surface area contributed by atoms with Crippen molar-refractivity contribution < 1.29 is 55.7 Å². The van der Waals surface area contributed by atoms with Gasteiger partial charge in [-0.2, -0.15) is 0 Å². The topological polar surface area (TPSA) is 256 Å². The third kappa shape index (κ3) is 19.2. The zero-order valence-corrected chi connectivity index (χ0v) is 69.6. The first-order valence-corrected chi connectivity index (χ1v) is 42.8. The van der Waals surface area contributed by atoms with Crippen LogP contribution in [-0.2, 0) is 47.8 Å². The van der Waals surface area contributed by atoms with E-state index in [-0.39, 0.29) is 71.3 Å². The molecule has 4 atom stereocenters. The summed E-state index contributed by atoms with van der Waals surface area (Å²) in [5.74, 6) is 0.893. The van der Waals surface area contributed by atoms with Crippen molar-refractivity contribution in [3.8, 4) is 23.0 Å². The fourth-order valence-corrected chi connectivity index (χ4v) is 16.7. The van der Waals surface area contributed by atoms with Crippen molar-refractivity contribution >= 4 is 23.6 Å². The maximum atomic E-state index is 13.2. The number of hydrogen-bond donors (Lipinski definition) is 4. The fourth-order valence-electron chi connectivity index (χ4n) is 16.7. The number of rotatable bonds is 20. The lowest BCUT2D eigenvalue weighted by Gasteiger charge is -2.27. The van der Waals surface area contributed by atoms with Gasteiger partial charge in [0.25, 0.3) is 23.6 Å². The summed E-state index contributed by atoms with van der Waals surface area (Å²) in [5.41, 5.74) is 16.2. The van der Waals surface area contributed by atoms with Gasteiger partial charge in [0, 0.05) is 91.1 Å². The van der Waals surface area contributed by atoms with Crippen LogP contribution in [0.3, 0.4) is 0 Å². The van der Waals surface area contributed by atoms with Crippen LogP contribution < -0.4 is 40.2 Å². The summed E-state index contributed by atoms with van der Waals surface area (Å²) in [6, 6.07) is 50.5. The van der Waals surface area contributed by atoms with E-state index in [0.717, 1.165) is 242 Å². The first kappa shape index (κ1) is 83.2. The van der Waals surface area contributed by atoms with Crippen LogP contribution in [0.2, 0.25) is 0 Å².